The molecule has 0 unspecified atom stereocenters. The van der Waals surface area contributed by atoms with Crippen molar-refractivity contribution >= 4 is 28.7 Å². The zero-order chi connectivity index (χ0) is 23.1. The largest absolute Gasteiger partial charge is 0.469 e. The molecule has 0 fully saturated rings. The van der Waals surface area contributed by atoms with Gasteiger partial charge in [0.25, 0.3) is 5.88 Å². The van der Waals surface area contributed by atoms with Gasteiger partial charge in [0.2, 0.25) is 5.75 Å². The third-order valence-electron chi connectivity index (χ3n) is 3.91. The minimum absolute atomic E-state index is 0.0186. The highest BCUT2D eigenvalue weighted by Gasteiger charge is 2.23. The highest BCUT2D eigenvalue weighted by Crippen LogP contribution is 2.39. The summed E-state index contributed by atoms with van der Waals surface area (Å²) < 4.78 is 55.6. The molecule has 1 heterocycles. The molecule has 1 aromatic carbocycles. The number of rotatable bonds is 9. The molecule has 31 heavy (non-hydrogen) atoms. The van der Waals surface area contributed by atoms with Gasteiger partial charge in [-0.1, -0.05) is 0 Å². The van der Waals surface area contributed by atoms with Gasteiger partial charge in [0.1, 0.15) is 12.4 Å². The Balaban J connectivity index is 2.11. The van der Waals surface area contributed by atoms with Crippen LogP contribution in [0.3, 0.4) is 0 Å². The predicted octanol–water partition coefficient (Wildman–Crippen LogP) is 2.98. The Hall–Kier alpha value is -3.06. The minimum atomic E-state index is -1.40. The summed E-state index contributed by atoms with van der Waals surface area (Å²) in [6.45, 7) is 1.62. The number of nitrogens with zero attached hydrogens (tertiary/aromatic N) is 2. The van der Waals surface area contributed by atoms with Crippen molar-refractivity contribution in [3.8, 4) is 11.6 Å². The van der Waals surface area contributed by atoms with E-state index in [1.165, 1.54) is 6.92 Å². The van der Waals surface area contributed by atoms with Crippen LogP contribution in [0.25, 0.3) is 0 Å². The topological polar surface area (TPSA) is 119 Å². The van der Waals surface area contributed by atoms with E-state index in [-0.39, 0.29) is 22.2 Å². The molecule has 170 valence electrons. The van der Waals surface area contributed by atoms with Gasteiger partial charge in [-0.05, 0) is 57.1 Å². The highest BCUT2D eigenvalue weighted by molar-refractivity contribution is 7.11. The lowest BCUT2D eigenvalue weighted by atomic mass is 10.1. The molecule has 0 atom stereocenters. The van der Waals surface area contributed by atoms with E-state index in [2.05, 4.69) is 15.0 Å². The summed E-state index contributed by atoms with van der Waals surface area (Å²) in [5.74, 6) is -4.32. The summed E-state index contributed by atoms with van der Waals surface area (Å²) >= 11 is 0.690. The summed E-state index contributed by atoms with van der Waals surface area (Å²) in [5.41, 5.74) is 4.16. The zero-order valence-electron chi connectivity index (χ0n) is 17.1. The maximum atomic E-state index is 14.0. The first-order chi connectivity index (χ1) is 14.6. The standard InChI is InChI=1S/C18H22F3N5O4S/c1-9-7-11(19)10(13(21)12(9)20)8-29-15-14(30-17(22)27)16(31-25-15)24-18(28)23-5-4-6-26(2)3/h7H,4-6,8H2,1-3H3,(H2,22,27)(H2,23,24,28). The summed E-state index contributed by atoms with van der Waals surface area (Å²) in [5, 5.41) is 5.02. The van der Waals surface area contributed by atoms with Crippen LogP contribution in [0.2, 0.25) is 0 Å². The van der Waals surface area contributed by atoms with Crippen molar-refractivity contribution in [2.75, 3.05) is 32.5 Å². The summed E-state index contributed by atoms with van der Waals surface area (Å²) in [6.07, 6.45) is -0.523. The third kappa shape index (κ3) is 6.72. The number of nitrogens with two attached hydrogens (primary N) is 1. The van der Waals surface area contributed by atoms with Gasteiger partial charge in [-0.25, -0.2) is 22.8 Å². The minimum Gasteiger partial charge on any atom is -0.469 e. The molecule has 0 aliphatic heterocycles. The maximum Gasteiger partial charge on any atom is 0.410 e. The van der Waals surface area contributed by atoms with Crippen LogP contribution in [0.5, 0.6) is 11.6 Å². The van der Waals surface area contributed by atoms with Gasteiger partial charge in [-0.3, -0.25) is 5.32 Å². The number of aryl methyl sites for hydroxylation is 1. The molecule has 1 aromatic heterocycles. The van der Waals surface area contributed by atoms with Gasteiger partial charge in [-0.15, -0.1) is 4.37 Å². The van der Waals surface area contributed by atoms with Gasteiger partial charge >= 0.3 is 12.1 Å². The number of benzene rings is 1. The predicted molar refractivity (Wildman–Crippen MR) is 108 cm³/mol. The van der Waals surface area contributed by atoms with Crippen LogP contribution in [0.4, 0.5) is 27.8 Å². The van der Waals surface area contributed by atoms with E-state index >= 15 is 0 Å². The number of hydrogen-bond donors (Lipinski definition) is 3. The SMILES string of the molecule is Cc1cc(F)c(COc2nsc(NC(=O)NCCCN(C)C)c2OC(N)=O)c(F)c1F. The number of primary amides is 1. The molecule has 2 rings (SSSR count). The van der Waals surface area contributed by atoms with Gasteiger partial charge < -0.3 is 25.4 Å². The van der Waals surface area contributed by atoms with Crippen molar-refractivity contribution < 1.29 is 32.2 Å². The number of anilines is 1. The third-order valence-corrected chi connectivity index (χ3v) is 4.63. The van der Waals surface area contributed by atoms with Crippen LogP contribution in [-0.4, -0.2) is 48.6 Å². The number of aromatic nitrogens is 1. The van der Waals surface area contributed by atoms with E-state index in [1.807, 2.05) is 19.0 Å². The fraction of sp³-hybridized carbons (Fsp3) is 0.389. The van der Waals surface area contributed by atoms with Crippen molar-refractivity contribution in [1.29, 1.82) is 0 Å². The average Bonchev–Trinajstić information content (AvgIpc) is 3.04. The van der Waals surface area contributed by atoms with E-state index in [0.717, 1.165) is 12.6 Å². The van der Waals surface area contributed by atoms with Crippen LogP contribution in [0.1, 0.15) is 17.5 Å². The molecule has 13 heteroatoms. The fourth-order valence-electron chi connectivity index (χ4n) is 2.40. The lowest BCUT2D eigenvalue weighted by Gasteiger charge is -2.11. The van der Waals surface area contributed by atoms with Crippen molar-refractivity contribution in [1.82, 2.24) is 14.6 Å². The van der Waals surface area contributed by atoms with Gasteiger partial charge in [0, 0.05) is 6.54 Å². The Morgan fingerprint density at radius 1 is 1.26 bits per heavy atom. The number of nitrogens with one attached hydrogen (secondary N) is 2. The number of halogens is 3. The van der Waals surface area contributed by atoms with Crippen LogP contribution in [0, 0.1) is 24.4 Å². The van der Waals surface area contributed by atoms with Crippen LogP contribution in [0.15, 0.2) is 6.07 Å². The Morgan fingerprint density at radius 2 is 1.97 bits per heavy atom. The smallest absolute Gasteiger partial charge is 0.410 e. The second kappa shape index (κ2) is 10.8. The summed E-state index contributed by atoms with van der Waals surface area (Å²) in [4.78, 5) is 25.2. The number of carbonyl (C=O) groups is 2. The van der Waals surface area contributed by atoms with Crippen molar-refractivity contribution in [2.24, 2.45) is 5.73 Å². The molecule has 0 bridgehead atoms. The fourth-order valence-corrected chi connectivity index (χ4v) is 3.06. The molecular formula is C18H22F3N5O4S. The summed E-state index contributed by atoms with van der Waals surface area (Å²) in [6, 6.07) is 0.230. The normalized spacial score (nSPS) is 10.8. The number of hydrogen-bond acceptors (Lipinski definition) is 7. The summed E-state index contributed by atoms with van der Waals surface area (Å²) in [7, 11) is 3.80. The Labute approximate surface area is 180 Å². The van der Waals surface area contributed by atoms with Gasteiger partial charge in [0.05, 0.1) is 5.56 Å². The van der Waals surface area contributed by atoms with E-state index in [1.54, 1.807) is 0 Å². The Bertz CT molecular complexity index is 955. The number of ether oxygens (including phenoxy) is 2. The highest BCUT2D eigenvalue weighted by atomic mass is 32.1. The second-order valence-electron chi connectivity index (χ2n) is 6.68. The molecule has 0 aliphatic rings. The molecule has 2 aromatic rings. The average molecular weight is 461 g/mol. The van der Waals surface area contributed by atoms with Crippen LogP contribution in [-0.2, 0) is 6.61 Å². The Morgan fingerprint density at radius 3 is 2.61 bits per heavy atom. The Kier molecular flexibility index (Phi) is 8.45. The molecule has 9 nitrogen and oxygen atoms in total. The maximum absolute atomic E-state index is 14.0. The molecule has 0 radical (unpaired) electrons. The monoisotopic (exact) mass is 461 g/mol. The van der Waals surface area contributed by atoms with Gasteiger partial charge in [0.15, 0.2) is 16.6 Å². The number of carbonyl (C=O) groups excluding carboxylic acids is 2. The lowest BCUT2D eigenvalue weighted by molar-refractivity contribution is 0.205. The molecule has 0 spiro atoms. The van der Waals surface area contributed by atoms with Crippen molar-refractivity contribution in [2.45, 2.75) is 20.0 Å². The molecule has 0 saturated heterocycles. The molecule has 0 saturated carbocycles. The molecule has 0 aliphatic carbocycles. The van der Waals surface area contributed by atoms with E-state index in [0.29, 0.717) is 24.5 Å². The van der Waals surface area contributed by atoms with Crippen molar-refractivity contribution in [3.05, 3.63) is 34.6 Å². The molecule has 3 amide bonds. The number of amides is 3. The lowest BCUT2D eigenvalue weighted by Crippen LogP contribution is -2.31. The first-order valence-corrected chi connectivity index (χ1v) is 9.79. The first kappa shape index (κ1) is 24.2. The second-order valence-corrected chi connectivity index (χ2v) is 7.45. The molecular weight excluding hydrogens is 439 g/mol. The van der Waals surface area contributed by atoms with Crippen LogP contribution >= 0.6 is 11.5 Å². The van der Waals surface area contributed by atoms with Gasteiger partial charge in [-0.2, -0.15) is 0 Å². The molecule has 4 N–H and O–H groups in total. The van der Waals surface area contributed by atoms with Crippen LogP contribution < -0.4 is 25.8 Å². The van der Waals surface area contributed by atoms with E-state index < -0.39 is 41.7 Å². The number of urea groups is 1. The van der Waals surface area contributed by atoms with E-state index in [9.17, 15) is 22.8 Å². The zero-order valence-corrected chi connectivity index (χ0v) is 17.9. The quantitative estimate of drug-likeness (QED) is 0.390. The first-order valence-electron chi connectivity index (χ1n) is 9.02. The van der Waals surface area contributed by atoms with Crippen molar-refractivity contribution in [3.63, 3.8) is 0 Å². The van der Waals surface area contributed by atoms with E-state index in [4.69, 9.17) is 15.2 Å².